The van der Waals surface area contributed by atoms with Gasteiger partial charge >= 0.3 is 0 Å². The minimum Gasteiger partial charge on any atom is -0.0616 e. The van der Waals surface area contributed by atoms with Crippen LogP contribution in [0.15, 0.2) is 194 Å². The van der Waals surface area contributed by atoms with Gasteiger partial charge in [0.2, 0.25) is 0 Å². The SMILES string of the molecule is CC1(C)c2cc(-c3cccc4ccccc34)ccc2-c2ccc(-c3ccc(-c4cc5ccc6ccc7ccccc7c6c5c5ccccc45)c4ccccc34)cc21. The van der Waals surface area contributed by atoms with E-state index in [-0.39, 0.29) is 5.41 Å². The van der Waals surface area contributed by atoms with E-state index < -0.39 is 0 Å². The van der Waals surface area contributed by atoms with Crippen molar-refractivity contribution in [1.82, 2.24) is 0 Å². The molecule has 11 aromatic rings. The number of benzene rings is 11. The first-order chi connectivity index (χ1) is 28.0. The molecule has 0 nitrogen and oxygen atoms in total. The average Bonchev–Trinajstić information content (AvgIpc) is 3.49. The first-order valence-electron chi connectivity index (χ1n) is 20.1. The van der Waals surface area contributed by atoms with Crippen LogP contribution in [-0.2, 0) is 5.41 Å². The Morgan fingerprint density at radius 2 is 0.702 bits per heavy atom. The fourth-order valence-electron chi connectivity index (χ4n) is 10.3. The maximum atomic E-state index is 2.47. The van der Waals surface area contributed by atoms with E-state index >= 15 is 0 Å². The Hall–Kier alpha value is -7.02. The first kappa shape index (κ1) is 32.2. The molecule has 0 aromatic heterocycles. The number of hydrogen-bond donors (Lipinski definition) is 0. The van der Waals surface area contributed by atoms with Gasteiger partial charge in [0, 0.05) is 5.41 Å². The second-order valence-corrected chi connectivity index (χ2v) is 16.4. The molecule has 0 saturated carbocycles. The van der Waals surface area contributed by atoms with Gasteiger partial charge in [-0.1, -0.05) is 190 Å². The van der Waals surface area contributed by atoms with Crippen LogP contribution in [0.4, 0.5) is 0 Å². The van der Waals surface area contributed by atoms with Crippen molar-refractivity contribution < 1.29 is 0 Å². The van der Waals surface area contributed by atoms with Gasteiger partial charge in [-0.15, -0.1) is 0 Å². The summed E-state index contributed by atoms with van der Waals surface area (Å²) in [5, 5.41) is 15.5. The lowest BCUT2D eigenvalue weighted by atomic mass is 9.80. The Labute approximate surface area is 332 Å². The Morgan fingerprint density at radius 3 is 1.39 bits per heavy atom. The highest BCUT2D eigenvalue weighted by atomic mass is 14.4. The predicted molar refractivity (Wildman–Crippen MR) is 245 cm³/mol. The molecule has 11 aromatic carbocycles. The summed E-state index contributed by atoms with van der Waals surface area (Å²) in [7, 11) is 0. The quantitative estimate of drug-likeness (QED) is 0.159. The maximum Gasteiger partial charge on any atom is 0.0159 e. The Bertz CT molecular complexity index is 3480. The van der Waals surface area contributed by atoms with E-state index in [0.717, 1.165) is 0 Å². The molecule has 266 valence electrons. The molecular weight excluding hydrogens is 685 g/mol. The first-order valence-corrected chi connectivity index (χ1v) is 20.1. The van der Waals surface area contributed by atoms with Crippen LogP contribution in [0.2, 0.25) is 0 Å². The largest absolute Gasteiger partial charge is 0.0616 e. The van der Waals surface area contributed by atoms with Crippen LogP contribution in [-0.4, -0.2) is 0 Å². The average molecular weight is 723 g/mol. The van der Waals surface area contributed by atoms with Gasteiger partial charge < -0.3 is 0 Å². The van der Waals surface area contributed by atoms with Crippen LogP contribution >= 0.6 is 0 Å². The van der Waals surface area contributed by atoms with E-state index in [1.165, 1.54) is 120 Å². The van der Waals surface area contributed by atoms with Crippen LogP contribution in [0.25, 0.3) is 109 Å². The zero-order chi connectivity index (χ0) is 37.8. The van der Waals surface area contributed by atoms with Gasteiger partial charge in [0.1, 0.15) is 0 Å². The highest BCUT2D eigenvalue weighted by Gasteiger charge is 2.36. The molecule has 1 aliphatic rings. The molecule has 0 atom stereocenters. The number of rotatable bonds is 3. The van der Waals surface area contributed by atoms with Gasteiger partial charge in [-0.25, -0.2) is 0 Å². The van der Waals surface area contributed by atoms with Crippen LogP contribution in [0.3, 0.4) is 0 Å². The Kier molecular flexibility index (Phi) is 6.78. The molecule has 0 N–H and O–H groups in total. The zero-order valence-electron chi connectivity index (χ0n) is 32.0. The predicted octanol–water partition coefficient (Wildman–Crippen LogP) is 15.9. The van der Waals surface area contributed by atoms with Gasteiger partial charge in [0.05, 0.1) is 0 Å². The van der Waals surface area contributed by atoms with Crippen molar-refractivity contribution in [3.63, 3.8) is 0 Å². The highest BCUT2D eigenvalue weighted by molar-refractivity contribution is 6.29. The van der Waals surface area contributed by atoms with Crippen LogP contribution in [0.1, 0.15) is 25.0 Å². The minimum absolute atomic E-state index is 0.142. The third kappa shape index (κ3) is 4.68. The topological polar surface area (TPSA) is 0 Å². The second-order valence-electron chi connectivity index (χ2n) is 16.4. The molecule has 12 rings (SSSR count). The molecule has 0 fully saturated rings. The summed E-state index contributed by atoms with van der Waals surface area (Å²) in [4.78, 5) is 0. The summed E-state index contributed by atoms with van der Waals surface area (Å²) >= 11 is 0. The molecule has 0 aliphatic heterocycles. The second kappa shape index (κ2) is 12.0. The van der Waals surface area contributed by atoms with Gasteiger partial charge in [0.15, 0.2) is 0 Å². The van der Waals surface area contributed by atoms with E-state index in [1.807, 2.05) is 0 Å². The number of hydrogen-bond acceptors (Lipinski definition) is 0. The van der Waals surface area contributed by atoms with Crippen LogP contribution in [0.5, 0.6) is 0 Å². The highest BCUT2D eigenvalue weighted by Crippen LogP contribution is 2.52. The standard InChI is InChI=1S/C57H38/c1-57(2)53-33-38(42-21-11-14-35-12-3-5-15-41(35)42)26-28-49(53)50-29-27-39(34-54(50)57)43-30-31-48(46-18-8-7-17-45(43)46)52-32-40-25-24-37-23-22-36-13-4-6-16-44(36)55(37)56(40)51-20-10-9-19-47(51)52/h3-34H,1-2H3. The summed E-state index contributed by atoms with van der Waals surface area (Å²) in [5.74, 6) is 0. The third-order valence-corrected chi connectivity index (χ3v) is 13.0. The Morgan fingerprint density at radius 1 is 0.263 bits per heavy atom. The van der Waals surface area contributed by atoms with E-state index in [9.17, 15) is 0 Å². The summed E-state index contributed by atoms with van der Waals surface area (Å²) in [5.41, 5.74) is 12.9. The van der Waals surface area contributed by atoms with Crippen molar-refractivity contribution in [2.24, 2.45) is 0 Å². The van der Waals surface area contributed by atoms with Crippen molar-refractivity contribution in [2.75, 3.05) is 0 Å². The molecular formula is C57H38. The van der Waals surface area contributed by atoms with Gasteiger partial charge in [-0.3, -0.25) is 0 Å². The van der Waals surface area contributed by atoms with Crippen molar-refractivity contribution in [2.45, 2.75) is 19.3 Å². The zero-order valence-corrected chi connectivity index (χ0v) is 32.0. The van der Waals surface area contributed by atoms with E-state index in [1.54, 1.807) is 0 Å². The smallest absolute Gasteiger partial charge is 0.0159 e. The summed E-state index contributed by atoms with van der Waals surface area (Å²) in [6.07, 6.45) is 0. The van der Waals surface area contributed by atoms with Gasteiger partial charge in [0.25, 0.3) is 0 Å². The molecule has 0 heterocycles. The van der Waals surface area contributed by atoms with E-state index in [2.05, 4.69) is 208 Å². The lowest BCUT2D eigenvalue weighted by Crippen LogP contribution is -2.15. The minimum atomic E-state index is -0.142. The van der Waals surface area contributed by atoms with Crippen molar-refractivity contribution in [3.8, 4) is 44.5 Å². The summed E-state index contributed by atoms with van der Waals surface area (Å²) < 4.78 is 0. The van der Waals surface area contributed by atoms with Crippen molar-refractivity contribution in [3.05, 3.63) is 205 Å². The fraction of sp³-hybridized carbons (Fsp3) is 0.0526. The molecule has 0 spiro atoms. The lowest BCUT2D eigenvalue weighted by Gasteiger charge is -2.23. The molecule has 0 radical (unpaired) electrons. The lowest BCUT2D eigenvalue weighted by molar-refractivity contribution is 0.661. The van der Waals surface area contributed by atoms with Crippen molar-refractivity contribution >= 4 is 64.6 Å². The van der Waals surface area contributed by atoms with E-state index in [4.69, 9.17) is 0 Å². The molecule has 0 saturated heterocycles. The van der Waals surface area contributed by atoms with Crippen LogP contribution < -0.4 is 0 Å². The molecule has 0 bridgehead atoms. The molecule has 57 heavy (non-hydrogen) atoms. The molecule has 0 amide bonds. The molecule has 0 unspecified atom stereocenters. The monoisotopic (exact) mass is 722 g/mol. The summed E-state index contributed by atoms with van der Waals surface area (Å²) in [6, 6.07) is 72.7. The summed E-state index contributed by atoms with van der Waals surface area (Å²) in [6.45, 7) is 4.79. The fourth-order valence-corrected chi connectivity index (χ4v) is 10.3. The normalized spacial score (nSPS) is 13.2. The van der Waals surface area contributed by atoms with Gasteiger partial charge in [-0.2, -0.15) is 0 Å². The molecule has 0 heteroatoms. The van der Waals surface area contributed by atoms with Crippen molar-refractivity contribution in [1.29, 1.82) is 0 Å². The number of fused-ring (bicyclic) bond motifs is 12. The van der Waals surface area contributed by atoms with Gasteiger partial charge in [-0.05, 0) is 138 Å². The Balaban J connectivity index is 1.01. The van der Waals surface area contributed by atoms with Crippen LogP contribution in [0, 0.1) is 0 Å². The van der Waals surface area contributed by atoms with E-state index in [0.29, 0.717) is 0 Å². The maximum absolute atomic E-state index is 2.47. The third-order valence-electron chi connectivity index (χ3n) is 13.0. The molecule has 1 aliphatic carbocycles.